The lowest BCUT2D eigenvalue weighted by molar-refractivity contribution is 0.0924. The number of hydrogen-bond acceptors (Lipinski definition) is 5. The average molecular weight is 281 g/mol. The third kappa shape index (κ3) is 3.27. The smallest absolute Gasteiger partial charge is 0.300 e. The van der Waals surface area contributed by atoms with Crippen molar-refractivity contribution in [1.29, 1.82) is 0 Å². The van der Waals surface area contributed by atoms with Gasteiger partial charge in [0.1, 0.15) is 11.6 Å². The largest absolute Gasteiger partial charge is 0.455 e. The Bertz CT molecular complexity index is 600. The molecular weight excluding hydrogens is 269 g/mol. The maximum Gasteiger partial charge on any atom is 0.300 e. The molecule has 0 spiro atoms. The summed E-state index contributed by atoms with van der Waals surface area (Å²) in [7, 11) is 0. The highest BCUT2D eigenvalue weighted by Gasteiger charge is 2.10. The van der Waals surface area contributed by atoms with Crippen molar-refractivity contribution in [3.05, 3.63) is 47.7 Å². The molecule has 0 fully saturated rings. The van der Waals surface area contributed by atoms with Gasteiger partial charge in [-0.15, -0.1) is 11.8 Å². The predicted octanol–water partition coefficient (Wildman–Crippen LogP) is 1.90. The summed E-state index contributed by atoms with van der Waals surface area (Å²) in [5.41, 5.74) is 7.81. The number of nitrogen functional groups attached to an aromatic ring is 2. The summed E-state index contributed by atoms with van der Waals surface area (Å²) < 4.78 is 18.8. The first-order valence-corrected chi connectivity index (χ1v) is 6.36. The third-order valence-electron chi connectivity index (χ3n) is 2.34. The van der Waals surface area contributed by atoms with Gasteiger partial charge in [-0.2, -0.15) is 0 Å². The SMILES string of the molecule is NNC(=O)c1ccc(CSc2ccc(N)cc2F)o1. The van der Waals surface area contributed by atoms with Crippen LogP contribution in [0.25, 0.3) is 0 Å². The zero-order valence-corrected chi connectivity index (χ0v) is 10.7. The van der Waals surface area contributed by atoms with Gasteiger partial charge in [0.25, 0.3) is 0 Å². The highest BCUT2D eigenvalue weighted by molar-refractivity contribution is 7.98. The Morgan fingerprint density at radius 1 is 1.37 bits per heavy atom. The quantitative estimate of drug-likeness (QED) is 0.261. The van der Waals surface area contributed by atoms with Crippen LogP contribution in [0.3, 0.4) is 0 Å². The number of carbonyl (C=O) groups is 1. The van der Waals surface area contributed by atoms with Gasteiger partial charge >= 0.3 is 5.91 Å². The number of anilines is 1. The Kier molecular flexibility index (Phi) is 4.08. The van der Waals surface area contributed by atoms with Crippen molar-refractivity contribution in [2.45, 2.75) is 10.6 Å². The van der Waals surface area contributed by atoms with Crippen molar-refractivity contribution in [1.82, 2.24) is 5.43 Å². The van der Waals surface area contributed by atoms with Crippen LogP contribution in [0.5, 0.6) is 0 Å². The van der Waals surface area contributed by atoms with Crippen LogP contribution >= 0.6 is 11.8 Å². The van der Waals surface area contributed by atoms with Gasteiger partial charge < -0.3 is 10.2 Å². The van der Waals surface area contributed by atoms with Crippen molar-refractivity contribution in [3.8, 4) is 0 Å². The van der Waals surface area contributed by atoms with E-state index in [1.165, 1.54) is 23.9 Å². The van der Waals surface area contributed by atoms with E-state index in [1.54, 1.807) is 18.2 Å². The molecule has 100 valence electrons. The molecule has 0 aliphatic rings. The fraction of sp³-hybridized carbons (Fsp3) is 0.0833. The van der Waals surface area contributed by atoms with E-state index in [0.717, 1.165) is 0 Å². The van der Waals surface area contributed by atoms with Gasteiger partial charge in [-0.1, -0.05) is 0 Å². The molecule has 1 aromatic carbocycles. The Morgan fingerprint density at radius 2 is 2.16 bits per heavy atom. The van der Waals surface area contributed by atoms with Crippen molar-refractivity contribution in [2.24, 2.45) is 5.84 Å². The number of amides is 1. The van der Waals surface area contributed by atoms with Crippen LogP contribution in [0.1, 0.15) is 16.3 Å². The molecule has 1 aromatic heterocycles. The van der Waals surface area contributed by atoms with Gasteiger partial charge in [0.05, 0.1) is 5.75 Å². The van der Waals surface area contributed by atoms with E-state index in [4.69, 9.17) is 16.0 Å². The molecule has 1 heterocycles. The number of nitrogens with two attached hydrogens (primary N) is 2. The van der Waals surface area contributed by atoms with Gasteiger partial charge in [-0.3, -0.25) is 10.2 Å². The van der Waals surface area contributed by atoms with Crippen molar-refractivity contribution < 1.29 is 13.6 Å². The third-order valence-corrected chi connectivity index (χ3v) is 3.41. The minimum atomic E-state index is -0.505. The second-order valence-electron chi connectivity index (χ2n) is 3.72. The van der Waals surface area contributed by atoms with Gasteiger partial charge in [-0.05, 0) is 30.3 Å². The van der Waals surface area contributed by atoms with Crippen molar-refractivity contribution in [3.63, 3.8) is 0 Å². The summed E-state index contributed by atoms with van der Waals surface area (Å²) in [6.07, 6.45) is 0. The number of thioether (sulfide) groups is 1. The number of hydrogen-bond donors (Lipinski definition) is 3. The summed E-state index contributed by atoms with van der Waals surface area (Å²) in [4.78, 5) is 11.7. The van der Waals surface area contributed by atoms with E-state index in [9.17, 15) is 9.18 Å². The Balaban J connectivity index is 2.02. The molecule has 0 atom stereocenters. The van der Waals surface area contributed by atoms with Crippen LogP contribution < -0.4 is 17.0 Å². The van der Waals surface area contributed by atoms with Crippen LogP contribution in [-0.2, 0) is 5.75 Å². The van der Waals surface area contributed by atoms with Gasteiger partial charge in [0, 0.05) is 10.6 Å². The minimum Gasteiger partial charge on any atom is -0.455 e. The van der Waals surface area contributed by atoms with Gasteiger partial charge in [-0.25, -0.2) is 10.2 Å². The van der Waals surface area contributed by atoms with E-state index in [1.807, 2.05) is 5.43 Å². The molecule has 0 aliphatic heterocycles. The summed E-state index contributed by atoms with van der Waals surface area (Å²) in [6, 6.07) is 7.65. The maximum absolute atomic E-state index is 13.5. The molecule has 2 aromatic rings. The number of carbonyl (C=O) groups excluding carboxylic acids is 1. The molecule has 0 aliphatic carbocycles. The molecule has 19 heavy (non-hydrogen) atoms. The van der Waals surface area contributed by atoms with Gasteiger partial charge in [0.15, 0.2) is 5.76 Å². The molecule has 0 saturated heterocycles. The summed E-state index contributed by atoms with van der Waals surface area (Å²) >= 11 is 1.25. The number of nitrogens with one attached hydrogen (secondary N) is 1. The molecule has 0 unspecified atom stereocenters. The van der Waals surface area contributed by atoms with Crippen LogP contribution in [0.2, 0.25) is 0 Å². The van der Waals surface area contributed by atoms with E-state index in [0.29, 0.717) is 22.1 Å². The van der Waals surface area contributed by atoms with Crippen molar-refractivity contribution in [2.75, 3.05) is 5.73 Å². The minimum absolute atomic E-state index is 0.121. The molecular formula is C12H12FN3O2S. The van der Waals surface area contributed by atoms with Gasteiger partial charge in [0.2, 0.25) is 0 Å². The first-order valence-electron chi connectivity index (χ1n) is 5.37. The van der Waals surface area contributed by atoms with Crippen LogP contribution in [0.15, 0.2) is 39.6 Å². The lowest BCUT2D eigenvalue weighted by atomic mass is 10.3. The van der Waals surface area contributed by atoms with E-state index < -0.39 is 5.91 Å². The average Bonchev–Trinajstić information content (AvgIpc) is 2.85. The lowest BCUT2D eigenvalue weighted by Crippen LogP contribution is -2.29. The van der Waals surface area contributed by atoms with Crippen LogP contribution in [0, 0.1) is 5.82 Å². The fourth-order valence-electron chi connectivity index (χ4n) is 1.43. The van der Waals surface area contributed by atoms with E-state index >= 15 is 0 Å². The van der Waals surface area contributed by atoms with Crippen LogP contribution in [-0.4, -0.2) is 5.91 Å². The molecule has 5 nitrogen and oxygen atoms in total. The normalized spacial score (nSPS) is 10.4. The Morgan fingerprint density at radius 3 is 2.84 bits per heavy atom. The van der Waals surface area contributed by atoms with Crippen molar-refractivity contribution >= 4 is 23.4 Å². The second-order valence-corrected chi connectivity index (χ2v) is 4.74. The molecule has 0 radical (unpaired) electrons. The number of hydrazine groups is 1. The van der Waals surface area contributed by atoms with E-state index in [-0.39, 0.29) is 11.6 Å². The molecule has 2 rings (SSSR count). The number of furan rings is 1. The zero-order valence-electron chi connectivity index (χ0n) is 9.85. The Labute approximate surface area is 113 Å². The number of halogens is 1. The monoisotopic (exact) mass is 281 g/mol. The fourth-order valence-corrected chi connectivity index (χ4v) is 2.25. The maximum atomic E-state index is 13.5. The predicted molar refractivity (Wildman–Crippen MR) is 70.7 cm³/mol. The number of rotatable bonds is 4. The molecule has 5 N–H and O–H groups in total. The molecule has 7 heteroatoms. The topological polar surface area (TPSA) is 94.3 Å². The molecule has 0 bridgehead atoms. The highest BCUT2D eigenvalue weighted by atomic mass is 32.2. The standard InChI is InChI=1S/C12H12FN3O2S/c13-9-5-7(14)1-4-11(9)19-6-8-2-3-10(18-8)12(17)16-15/h1-5H,6,14-15H2,(H,16,17). The lowest BCUT2D eigenvalue weighted by Gasteiger charge is -2.02. The summed E-state index contributed by atoms with van der Waals surface area (Å²) in [5.74, 6) is 5.18. The van der Waals surface area contributed by atoms with Crippen LogP contribution in [0.4, 0.5) is 10.1 Å². The van der Waals surface area contributed by atoms with E-state index in [2.05, 4.69) is 0 Å². The zero-order chi connectivity index (χ0) is 13.8. The summed E-state index contributed by atoms with van der Waals surface area (Å²) in [5, 5.41) is 0. The Hall–Kier alpha value is -1.99. The first kappa shape index (κ1) is 13.4. The first-order chi connectivity index (χ1) is 9.10. The summed E-state index contributed by atoms with van der Waals surface area (Å²) in [6.45, 7) is 0. The molecule has 1 amide bonds. The number of benzene rings is 1. The molecule has 0 saturated carbocycles. The second kappa shape index (κ2) is 5.77. The highest BCUT2D eigenvalue weighted by Crippen LogP contribution is 2.27.